The Morgan fingerprint density at radius 1 is 0.941 bits per heavy atom. The molecule has 0 spiro atoms. The summed E-state index contributed by atoms with van der Waals surface area (Å²) in [6.07, 6.45) is 8.50. The van der Waals surface area contributed by atoms with Gasteiger partial charge in [-0.25, -0.2) is 0 Å². The number of piperazine rings is 1. The van der Waals surface area contributed by atoms with E-state index in [9.17, 15) is 4.79 Å². The third-order valence-electron chi connectivity index (χ3n) is 7.41. The van der Waals surface area contributed by atoms with Crippen molar-refractivity contribution < 1.29 is 14.3 Å². The smallest absolute Gasteiger partial charge is 0.225 e. The lowest BCUT2D eigenvalue weighted by Gasteiger charge is -2.38. The Morgan fingerprint density at radius 2 is 1.68 bits per heavy atom. The molecule has 0 atom stereocenters. The van der Waals surface area contributed by atoms with Gasteiger partial charge < -0.3 is 19.3 Å². The largest absolute Gasteiger partial charge is 0.493 e. The highest BCUT2D eigenvalue weighted by Crippen LogP contribution is 2.34. The van der Waals surface area contributed by atoms with Crippen LogP contribution < -0.4 is 14.4 Å². The number of nitrogens with zero attached hydrogens (tertiary/aromatic N) is 4. The Hall–Kier alpha value is -2.83. The second-order valence-electron chi connectivity index (χ2n) is 9.52. The molecule has 1 aromatic heterocycles. The molecule has 0 radical (unpaired) electrons. The van der Waals surface area contributed by atoms with Gasteiger partial charge in [-0.15, -0.1) is 10.2 Å². The fourth-order valence-electron chi connectivity index (χ4n) is 5.25. The number of hydrogen-bond donors (Lipinski definition) is 0. The van der Waals surface area contributed by atoms with E-state index in [0.717, 1.165) is 62.0 Å². The Bertz CT molecular complexity index is 933. The van der Waals surface area contributed by atoms with Gasteiger partial charge in [0.1, 0.15) is 0 Å². The second kappa shape index (κ2) is 11.5. The summed E-state index contributed by atoms with van der Waals surface area (Å²) in [6.45, 7) is 5.36. The van der Waals surface area contributed by atoms with Gasteiger partial charge in [-0.1, -0.05) is 26.2 Å². The van der Waals surface area contributed by atoms with Crippen molar-refractivity contribution in [2.45, 2.75) is 51.9 Å². The van der Waals surface area contributed by atoms with E-state index in [2.05, 4.69) is 26.9 Å². The quantitative estimate of drug-likeness (QED) is 0.556. The van der Waals surface area contributed by atoms with Gasteiger partial charge in [0, 0.05) is 37.7 Å². The molecule has 1 saturated heterocycles. The molecule has 1 aliphatic carbocycles. The van der Waals surface area contributed by atoms with Gasteiger partial charge in [-0.2, -0.15) is 0 Å². The molecule has 2 fully saturated rings. The Balaban J connectivity index is 1.29. The molecule has 0 unspecified atom stereocenters. The van der Waals surface area contributed by atoms with Crippen LogP contribution in [0.5, 0.6) is 11.5 Å². The summed E-state index contributed by atoms with van der Waals surface area (Å²) < 4.78 is 10.7. The molecule has 1 amide bonds. The molecule has 1 aromatic carbocycles. The number of methoxy groups -OCH3 is 2. The highest BCUT2D eigenvalue weighted by atomic mass is 16.5. The van der Waals surface area contributed by atoms with E-state index in [0.29, 0.717) is 17.4 Å². The Morgan fingerprint density at radius 3 is 2.29 bits per heavy atom. The zero-order valence-electron chi connectivity index (χ0n) is 20.8. The van der Waals surface area contributed by atoms with Crippen molar-refractivity contribution >= 4 is 11.7 Å². The molecule has 7 nitrogen and oxygen atoms in total. The third-order valence-corrected chi connectivity index (χ3v) is 7.41. The minimum Gasteiger partial charge on any atom is -0.493 e. The maximum atomic E-state index is 13.1. The van der Waals surface area contributed by atoms with Crippen LogP contribution in [0.15, 0.2) is 30.3 Å². The average Bonchev–Trinajstić information content (AvgIpc) is 2.91. The molecule has 0 bridgehead atoms. The number of benzene rings is 1. The summed E-state index contributed by atoms with van der Waals surface area (Å²) in [4.78, 5) is 17.4. The number of unbranched alkanes of at least 4 members (excludes halogenated alkanes) is 1. The van der Waals surface area contributed by atoms with E-state index < -0.39 is 0 Å². The van der Waals surface area contributed by atoms with Crippen molar-refractivity contribution in [1.29, 1.82) is 0 Å². The number of aromatic nitrogens is 2. The monoisotopic (exact) mass is 466 g/mol. The fourth-order valence-corrected chi connectivity index (χ4v) is 5.25. The first kappa shape index (κ1) is 24.3. The SMILES string of the molecule is CCCCC1CCC(C(=O)N2CCN(c3ccc(-c4ccc(OC)c(OC)c4)nn3)CC2)CC1. The van der Waals surface area contributed by atoms with Crippen LogP contribution in [0.4, 0.5) is 5.82 Å². The van der Waals surface area contributed by atoms with Crippen LogP contribution in [-0.2, 0) is 4.79 Å². The predicted octanol–water partition coefficient (Wildman–Crippen LogP) is 4.81. The minimum absolute atomic E-state index is 0.227. The molecule has 184 valence electrons. The highest BCUT2D eigenvalue weighted by molar-refractivity contribution is 5.79. The third kappa shape index (κ3) is 5.62. The summed E-state index contributed by atoms with van der Waals surface area (Å²) in [7, 11) is 3.25. The second-order valence-corrected chi connectivity index (χ2v) is 9.52. The lowest BCUT2D eigenvalue weighted by Crippen LogP contribution is -2.51. The first-order valence-corrected chi connectivity index (χ1v) is 12.7. The molecule has 0 N–H and O–H groups in total. The number of carbonyl (C=O) groups is 1. The van der Waals surface area contributed by atoms with Gasteiger partial charge >= 0.3 is 0 Å². The van der Waals surface area contributed by atoms with Crippen molar-refractivity contribution in [3.63, 3.8) is 0 Å². The highest BCUT2D eigenvalue weighted by Gasteiger charge is 2.31. The molecule has 7 heteroatoms. The predicted molar refractivity (Wildman–Crippen MR) is 134 cm³/mol. The molecule has 4 rings (SSSR count). The first-order valence-electron chi connectivity index (χ1n) is 12.7. The number of anilines is 1. The van der Waals surface area contributed by atoms with Crippen LogP contribution in [0.25, 0.3) is 11.3 Å². The summed E-state index contributed by atoms with van der Waals surface area (Å²) in [5.41, 5.74) is 1.71. The maximum Gasteiger partial charge on any atom is 0.225 e. The van der Waals surface area contributed by atoms with Gasteiger partial charge in [0.2, 0.25) is 5.91 Å². The molecule has 1 aliphatic heterocycles. The number of carbonyl (C=O) groups excluding carboxylic acids is 1. The molecule has 34 heavy (non-hydrogen) atoms. The number of rotatable bonds is 8. The van der Waals surface area contributed by atoms with Crippen molar-refractivity contribution in [3.8, 4) is 22.8 Å². The molecule has 2 heterocycles. The van der Waals surface area contributed by atoms with E-state index in [4.69, 9.17) is 9.47 Å². The van der Waals surface area contributed by atoms with E-state index in [1.807, 2.05) is 30.3 Å². The van der Waals surface area contributed by atoms with Gasteiger partial charge in [0.15, 0.2) is 17.3 Å². The minimum atomic E-state index is 0.227. The summed E-state index contributed by atoms with van der Waals surface area (Å²) in [5.74, 6) is 3.64. The van der Waals surface area contributed by atoms with Crippen molar-refractivity contribution in [2.75, 3.05) is 45.3 Å². The first-order chi connectivity index (χ1) is 16.6. The molecular weight excluding hydrogens is 428 g/mol. The molecular formula is C27H38N4O3. The number of amides is 1. The zero-order valence-corrected chi connectivity index (χ0v) is 20.8. The number of hydrogen-bond acceptors (Lipinski definition) is 6. The topological polar surface area (TPSA) is 67.8 Å². The van der Waals surface area contributed by atoms with Crippen LogP contribution in [0.1, 0.15) is 51.9 Å². The van der Waals surface area contributed by atoms with Crippen LogP contribution in [0.2, 0.25) is 0 Å². The van der Waals surface area contributed by atoms with Crippen molar-refractivity contribution in [2.24, 2.45) is 11.8 Å². The van der Waals surface area contributed by atoms with Crippen LogP contribution in [0, 0.1) is 11.8 Å². The van der Waals surface area contributed by atoms with Crippen LogP contribution in [-0.4, -0.2) is 61.4 Å². The van der Waals surface area contributed by atoms with Crippen LogP contribution >= 0.6 is 0 Å². The summed E-state index contributed by atoms with van der Waals surface area (Å²) in [6, 6.07) is 9.72. The van der Waals surface area contributed by atoms with E-state index >= 15 is 0 Å². The Kier molecular flexibility index (Phi) is 8.25. The fraction of sp³-hybridized carbons (Fsp3) is 0.593. The van der Waals surface area contributed by atoms with Crippen molar-refractivity contribution in [3.05, 3.63) is 30.3 Å². The van der Waals surface area contributed by atoms with E-state index in [-0.39, 0.29) is 5.92 Å². The average molecular weight is 467 g/mol. The van der Waals surface area contributed by atoms with Crippen molar-refractivity contribution in [1.82, 2.24) is 15.1 Å². The van der Waals surface area contributed by atoms with E-state index in [1.165, 1.54) is 32.1 Å². The summed E-state index contributed by atoms with van der Waals surface area (Å²) >= 11 is 0. The lowest BCUT2D eigenvalue weighted by atomic mass is 9.79. The molecule has 1 saturated carbocycles. The van der Waals surface area contributed by atoms with Gasteiger partial charge in [-0.05, 0) is 61.9 Å². The standard InChI is InChI=1S/C27H38N4O3/c1-4-5-6-20-7-9-21(10-8-20)27(32)31-17-15-30(16-18-31)26-14-12-23(28-29-26)22-11-13-24(33-2)25(19-22)34-3/h11-14,19-21H,4-10,15-18H2,1-3H3. The van der Waals surface area contributed by atoms with Gasteiger partial charge in [0.25, 0.3) is 0 Å². The lowest BCUT2D eigenvalue weighted by molar-refractivity contribution is -0.137. The van der Waals surface area contributed by atoms with Crippen LogP contribution in [0.3, 0.4) is 0 Å². The zero-order chi connectivity index (χ0) is 23.9. The molecule has 2 aliphatic rings. The maximum absolute atomic E-state index is 13.1. The molecule has 2 aromatic rings. The summed E-state index contributed by atoms with van der Waals surface area (Å²) in [5, 5.41) is 8.91. The Labute approximate surface area is 203 Å². The van der Waals surface area contributed by atoms with E-state index in [1.54, 1.807) is 14.2 Å². The van der Waals surface area contributed by atoms with Gasteiger partial charge in [-0.3, -0.25) is 4.79 Å². The number of ether oxygens (including phenoxy) is 2. The normalized spacial score (nSPS) is 20.8. The van der Waals surface area contributed by atoms with Gasteiger partial charge in [0.05, 0.1) is 19.9 Å².